The average molecular weight is 719 g/mol. The highest BCUT2D eigenvalue weighted by atomic mass is 16.3. The molecule has 0 saturated carbocycles. The van der Waals surface area contributed by atoms with Gasteiger partial charge in [-0.1, -0.05) is 133 Å². The summed E-state index contributed by atoms with van der Waals surface area (Å²) in [6, 6.07) is 46.8. The summed E-state index contributed by atoms with van der Waals surface area (Å²) in [5.41, 5.74) is 14.6. The van der Waals surface area contributed by atoms with Gasteiger partial charge in [-0.05, 0) is 97.8 Å². The summed E-state index contributed by atoms with van der Waals surface area (Å²) in [5.74, 6) is 0.936. The number of benzene rings is 5. The van der Waals surface area contributed by atoms with E-state index in [1.165, 1.54) is 11.1 Å². The standard InChI is InChI=1S/C50H46N4O/c1-49(2,3)40-30-42(46(55)43(31-40)50(4,5)6)47-53-45-41(23-25-52-48(45)54(47)7)38-26-37(33-16-12-9-13-17-33)27-39(28-38)44-29-36(22-24-51-44)35-20-18-34(19-21-35)32-14-10-8-11-15-32/h8-31,55H,1-7H3. The van der Waals surface area contributed by atoms with Crippen molar-refractivity contribution in [3.8, 4) is 72.9 Å². The Morgan fingerprint density at radius 3 is 1.69 bits per heavy atom. The summed E-state index contributed by atoms with van der Waals surface area (Å²) in [6.07, 6.45) is 3.74. The smallest absolute Gasteiger partial charge is 0.160 e. The van der Waals surface area contributed by atoms with Crippen molar-refractivity contribution >= 4 is 11.2 Å². The van der Waals surface area contributed by atoms with Crippen molar-refractivity contribution in [3.63, 3.8) is 0 Å². The Morgan fingerprint density at radius 2 is 1.05 bits per heavy atom. The average Bonchev–Trinajstić information content (AvgIpc) is 3.53. The maximum Gasteiger partial charge on any atom is 0.160 e. The molecule has 3 aromatic heterocycles. The predicted molar refractivity (Wildman–Crippen MR) is 228 cm³/mol. The van der Waals surface area contributed by atoms with E-state index < -0.39 is 0 Å². The molecule has 0 aliphatic heterocycles. The van der Waals surface area contributed by atoms with Crippen LogP contribution in [0, 0.1) is 0 Å². The fourth-order valence-electron chi connectivity index (χ4n) is 7.35. The third-order valence-corrected chi connectivity index (χ3v) is 10.5. The minimum atomic E-state index is -0.265. The molecule has 0 spiro atoms. The van der Waals surface area contributed by atoms with Crippen molar-refractivity contribution in [1.82, 2.24) is 19.5 Å². The molecule has 0 amide bonds. The summed E-state index contributed by atoms with van der Waals surface area (Å²) in [7, 11) is 1.98. The van der Waals surface area contributed by atoms with Crippen LogP contribution in [0.4, 0.5) is 0 Å². The van der Waals surface area contributed by atoms with E-state index in [1.807, 2.05) is 42.2 Å². The molecule has 0 unspecified atom stereocenters. The van der Waals surface area contributed by atoms with E-state index >= 15 is 0 Å². The quantitative estimate of drug-likeness (QED) is 0.186. The highest BCUT2D eigenvalue weighted by Crippen LogP contribution is 2.43. The fraction of sp³-hybridized carbons (Fsp3) is 0.180. The zero-order valence-electron chi connectivity index (χ0n) is 32.6. The first-order valence-electron chi connectivity index (χ1n) is 18.9. The monoisotopic (exact) mass is 718 g/mol. The fourth-order valence-corrected chi connectivity index (χ4v) is 7.35. The SMILES string of the molecule is Cn1c(-c2cc(C(C)(C)C)cc(C(C)(C)C)c2O)nc2c(-c3cc(-c4ccccc4)cc(-c4cc(-c5ccc(-c6ccccc6)cc5)ccn4)c3)ccnc21. The van der Waals surface area contributed by atoms with Gasteiger partial charge in [0.1, 0.15) is 17.1 Å². The second-order valence-corrected chi connectivity index (χ2v) is 16.5. The number of aromatic hydroxyl groups is 1. The van der Waals surface area contributed by atoms with Crippen LogP contribution in [-0.2, 0) is 17.9 Å². The van der Waals surface area contributed by atoms with Crippen LogP contribution in [-0.4, -0.2) is 24.6 Å². The molecule has 272 valence electrons. The zero-order valence-corrected chi connectivity index (χ0v) is 32.6. The maximum atomic E-state index is 11.8. The highest BCUT2D eigenvalue weighted by molar-refractivity contribution is 5.95. The first-order valence-corrected chi connectivity index (χ1v) is 18.9. The van der Waals surface area contributed by atoms with Gasteiger partial charge in [-0.15, -0.1) is 0 Å². The first-order chi connectivity index (χ1) is 26.3. The third-order valence-electron chi connectivity index (χ3n) is 10.5. The van der Waals surface area contributed by atoms with Gasteiger partial charge >= 0.3 is 0 Å². The Hall–Kier alpha value is -6.33. The highest BCUT2D eigenvalue weighted by Gasteiger charge is 2.28. The van der Waals surface area contributed by atoms with Crippen LogP contribution in [0.25, 0.3) is 78.3 Å². The van der Waals surface area contributed by atoms with Crippen LogP contribution >= 0.6 is 0 Å². The Bertz CT molecular complexity index is 2660. The number of aryl methyl sites for hydroxylation is 1. The number of phenolic OH excluding ortho intramolecular Hbond substituents is 1. The van der Waals surface area contributed by atoms with Gasteiger partial charge in [0.05, 0.1) is 11.3 Å². The third kappa shape index (κ3) is 6.94. The minimum Gasteiger partial charge on any atom is -0.507 e. The van der Waals surface area contributed by atoms with Gasteiger partial charge in [0.15, 0.2) is 5.65 Å². The second-order valence-electron chi connectivity index (χ2n) is 16.5. The van der Waals surface area contributed by atoms with Gasteiger partial charge < -0.3 is 9.67 Å². The van der Waals surface area contributed by atoms with Gasteiger partial charge in [-0.25, -0.2) is 9.97 Å². The van der Waals surface area contributed by atoms with Crippen molar-refractivity contribution < 1.29 is 5.11 Å². The molecule has 0 bridgehead atoms. The largest absolute Gasteiger partial charge is 0.507 e. The molecule has 0 aliphatic rings. The number of hydrogen-bond acceptors (Lipinski definition) is 4. The van der Waals surface area contributed by atoms with E-state index in [9.17, 15) is 5.11 Å². The van der Waals surface area contributed by atoms with Crippen LogP contribution < -0.4 is 0 Å². The van der Waals surface area contributed by atoms with E-state index in [-0.39, 0.29) is 16.6 Å². The zero-order chi connectivity index (χ0) is 38.5. The van der Waals surface area contributed by atoms with Crippen LogP contribution in [0.2, 0.25) is 0 Å². The van der Waals surface area contributed by atoms with Crippen molar-refractivity contribution in [2.45, 2.75) is 52.4 Å². The second kappa shape index (κ2) is 13.8. The lowest BCUT2D eigenvalue weighted by atomic mass is 9.79. The molecule has 5 heteroatoms. The predicted octanol–water partition coefficient (Wildman–Crippen LogP) is 12.7. The normalized spacial score (nSPS) is 12.0. The number of pyridine rings is 2. The van der Waals surface area contributed by atoms with E-state index in [2.05, 4.69) is 157 Å². The molecule has 8 rings (SSSR count). The van der Waals surface area contributed by atoms with Crippen molar-refractivity contribution in [3.05, 3.63) is 157 Å². The molecule has 5 aromatic carbocycles. The molecule has 3 heterocycles. The number of phenols is 1. The molecule has 1 N–H and O–H groups in total. The minimum absolute atomic E-state index is 0.123. The van der Waals surface area contributed by atoms with Crippen LogP contribution in [0.15, 0.2) is 146 Å². The molecule has 0 radical (unpaired) electrons. The lowest BCUT2D eigenvalue weighted by Gasteiger charge is -2.27. The molecular weight excluding hydrogens is 673 g/mol. The topological polar surface area (TPSA) is 63.8 Å². The molecule has 8 aromatic rings. The Morgan fingerprint density at radius 1 is 0.491 bits per heavy atom. The summed E-state index contributed by atoms with van der Waals surface area (Å²) >= 11 is 0. The molecule has 0 fully saturated rings. The van der Waals surface area contributed by atoms with Gasteiger partial charge in [0, 0.05) is 36.1 Å². The van der Waals surface area contributed by atoms with E-state index in [0.29, 0.717) is 11.4 Å². The van der Waals surface area contributed by atoms with Crippen LogP contribution in [0.1, 0.15) is 52.7 Å². The van der Waals surface area contributed by atoms with Crippen molar-refractivity contribution in [2.24, 2.45) is 7.05 Å². The molecule has 5 nitrogen and oxygen atoms in total. The van der Waals surface area contributed by atoms with Gasteiger partial charge in [0.25, 0.3) is 0 Å². The molecule has 0 saturated heterocycles. The van der Waals surface area contributed by atoms with E-state index in [1.54, 1.807) is 0 Å². The first kappa shape index (κ1) is 35.7. The van der Waals surface area contributed by atoms with Crippen LogP contribution in [0.3, 0.4) is 0 Å². The van der Waals surface area contributed by atoms with Gasteiger partial charge in [-0.3, -0.25) is 4.98 Å². The summed E-state index contributed by atoms with van der Waals surface area (Å²) in [5, 5.41) is 11.8. The van der Waals surface area contributed by atoms with Crippen molar-refractivity contribution in [1.29, 1.82) is 0 Å². The number of aromatic nitrogens is 4. The Labute approximate surface area is 324 Å². The van der Waals surface area contributed by atoms with Gasteiger partial charge in [0.2, 0.25) is 0 Å². The Balaban J connectivity index is 1.27. The number of hydrogen-bond donors (Lipinski definition) is 1. The number of imidazole rings is 1. The maximum absolute atomic E-state index is 11.8. The molecule has 55 heavy (non-hydrogen) atoms. The number of nitrogens with zero attached hydrogens (tertiary/aromatic N) is 4. The van der Waals surface area contributed by atoms with Gasteiger partial charge in [-0.2, -0.15) is 0 Å². The molecule has 0 atom stereocenters. The van der Waals surface area contributed by atoms with Crippen LogP contribution in [0.5, 0.6) is 5.75 Å². The summed E-state index contributed by atoms with van der Waals surface area (Å²) < 4.78 is 2.00. The summed E-state index contributed by atoms with van der Waals surface area (Å²) in [4.78, 5) is 15.0. The lowest BCUT2D eigenvalue weighted by Crippen LogP contribution is -2.17. The lowest BCUT2D eigenvalue weighted by molar-refractivity contribution is 0.446. The van der Waals surface area contributed by atoms with E-state index in [0.717, 1.165) is 66.9 Å². The molecular formula is C50H46N4O. The Kier molecular flexibility index (Phi) is 8.97. The van der Waals surface area contributed by atoms with Crippen molar-refractivity contribution in [2.75, 3.05) is 0 Å². The van der Waals surface area contributed by atoms with E-state index in [4.69, 9.17) is 15.0 Å². The number of rotatable bonds is 6. The summed E-state index contributed by atoms with van der Waals surface area (Å²) in [6.45, 7) is 13.0. The number of fused-ring (bicyclic) bond motifs is 1. The molecule has 0 aliphatic carbocycles.